The van der Waals surface area contributed by atoms with Crippen LogP contribution in [0.1, 0.15) is 35.6 Å². The van der Waals surface area contributed by atoms with Crippen molar-refractivity contribution in [2.24, 2.45) is 0 Å². The molecule has 3 nitrogen and oxygen atoms in total. The van der Waals surface area contributed by atoms with Gasteiger partial charge in [0.2, 0.25) is 0 Å². The maximum Gasteiger partial charge on any atom is 0.488 e. The van der Waals surface area contributed by atoms with E-state index in [1.807, 2.05) is 18.2 Å². The zero-order valence-corrected chi connectivity index (χ0v) is 11.9. The van der Waals surface area contributed by atoms with Crippen LogP contribution in [0.4, 0.5) is 0 Å². The molecule has 1 aliphatic carbocycles. The minimum atomic E-state index is -1.46. The summed E-state index contributed by atoms with van der Waals surface area (Å²) in [6, 6.07) is 15.7. The first kappa shape index (κ1) is 14.3. The average Bonchev–Trinajstić information content (AvgIpc) is 2.53. The molecule has 0 amide bonds. The van der Waals surface area contributed by atoms with Gasteiger partial charge in [0.1, 0.15) is 0 Å². The van der Waals surface area contributed by atoms with Crippen molar-refractivity contribution in [3.8, 4) is 0 Å². The summed E-state index contributed by atoms with van der Waals surface area (Å²) < 4.78 is 6.06. The van der Waals surface area contributed by atoms with Crippen molar-refractivity contribution in [2.75, 3.05) is 0 Å². The molecule has 2 aromatic rings. The second-order valence-corrected chi connectivity index (χ2v) is 5.46. The summed E-state index contributed by atoms with van der Waals surface area (Å²) in [7, 11) is -1.46. The first-order chi connectivity index (χ1) is 10.3. The molecule has 0 radical (unpaired) electrons. The predicted octanol–water partition coefficient (Wildman–Crippen LogP) is 1.96. The van der Waals surface area contributed by atoms with Crippen molar-refractivity contribution in [3.63, 3.8) is 0 Å². The Hall–Kier alpha value is -1.62. The fraction of sp³-hybridized carbons (Fsp3) is 0.294. The highest BCUT2D eigenvalue weighted by molar-refractivity contribution is 6.59. The van der Waals surface area contributed by atoms with Gasteiger partial charge >= 0.3 is 7.12 Å². The first-order valence-electron chi connectivity index (χ1n) is 7.39. The summed E-state index contributed by atoms with van der Waals surface area (Å²) in [5.74, 6) is 0. The molecule has 0 aromatic heterocycles. The summed E-state index contributed by atoms with van der Waals surface area (Å²) in [6.07, 6.45) is 3.35. The van der Waals surface area contributed by atoms with E-state index in [1.54, 1.807) is 12.1 Å². The Morgan fingerprint density at radius 2 is 1.81 bits per heavy atom. The largest absolute Gasteiger partial charge is 0.488 e. The second kappa shape index (κ2) is 6.44. The number of hydrogen-bond acceptors (Lipinski definition) is 3. The van der Waals surface area contributed by atoms with Crippen LogP contribution in [0, 0.1) is 0 Å². The van der Waals surface area contributed by atoms with Crippen molar-refractivity contribution in [3.05, 3.63) is 65.2 Å². The van der Waals surface area contributed by atoms with Gasteiger partial charge in [0.15, 0.2) is 0 Å². The van der Waals surface area contributed by atoms with Gasteiger partial charge in [-0.15, -0.1) is 0 Å². The Labute approximate surface area is 125 Å². The number of hydrogen-bond donors (Lipinski definition) is 2. The molecular formula is C17H19BO3. The van der Waals surface area contributed by atoms with Crippen LogP contribution in [0.5, 0.6) is 0 Å². The van der Waals surface area contributed by atoms with Crippen LogP contribution >= 0.6 is 0 Å². The molecule has 0 heterocycles. The van der Waals surface area contributed by atoms with Gasteiger partial charge in [0.25, 0.3) is 0 Å². The Bertz CT molecular complexity index is 612. The highest BCUT2D eigenvalue weighted by Crippen LogP contribution is 2.32. The summed E-state index contributed by atoms with van der Waals surface area (Å²) in [4.78, 5) is 0. The standard InChI is InChI=1S/C17H19BO3/c19-18(20)16-10-4-2-7-14(16)12-21-17-11-5-8-13-6-1-3-9-15(13)17/h1-4,6-7,9-10,17,19-20H,5,8,11-12H2. The molecule has 1 unspecified atom stereocenters. The molecule has 4 heteroatoms. The maximum atomic E-state index is 9.40. The van der Waals surface area contributed by atoms with Crippen LogP contribution < -0.4 is 5.46 Å². The molecule has 0 saturated heterocycles. The molecule has 1 atom stereocenters. The van der Waals surface area contributed by atoms with Crippen molar-refractivity contribution >= 4 is 12.6 Å². The van der Waals surface area contributed by atoms with Crippen LogP contribution in [-0.4, -0.2) is 17.2 Å². The molecule has 3 rings (SSSR count). The molecule has 0 spiro atoms. The molecule has 2 aromatic carbocycles. The van der Waals surface area contributed by atoms with E-state index in [9.17, 15) is 10.0 Å². The molecule has 0 bridgehead atoms. The van der Waals surface area contributed by atoms with E-state index < -0.39 is 7.12 Å². The van der Waals surface area contributed by atoms with Gasteiger partial charge in [-0.05, 0) is 41.4 Å². The van der Waals surface area contributed by atoms with Gasteiger partial charge in [-0.1, -0.05) is 48.5 Å². The quantitative estimate of drug-likeness (QED) is 0.843. The molecule has 0 aliphatic heterocycles. The average molecular weight is 282 g/mol. The van der Waals surface area contributed by atoms with Gasteiger partial charge in [0.05, 0.1) is 12.7 Å². The summed E-state index contributed by atoms with van der Waals surface area (Å²) in [6.45, 7) is 0.396. The molecule has 1 aliphatic rings. The number of rotatable bonds is 4. The van der Waals surface area contributed by atoms with E-state index in [0.29, 0.717) is 12.1 Å². The molecule has 0 saturated carbocycles. The van der Waals surface area contributed by atoms with E-state index >= 15 is 0 Å². The van der Waals surface area contributed by atoms with Gasteiger partial charge in [0, 0.05) is 0 Å². The highest BCUT2D eigenvalue weighted by Gasteiger charge is 2.21. The molecule has 0 fully saturated rings. The van der Waals surface area contributed by atoms with Crippen molar-refractivity contribution in [2.45, 2.75) is 32.0 Å². The fourth-order valence-corrected chi connectivity index (χ4v) is 2.99. The molecule has 108 valence electrons. The SMILES string of the molecule is OB(O)c1ccccc1COC1CCCc2ccccc21. The van der Waals surface area contributed by atoms with Gasteiger partial charge in [-0.25, -0.2) is 0 Å². The Balaban J connectivity index is 1.75. The van der Waals surface area contributed by atoms with Crippen LogP contribution in [-0.2, 0) is 17.8 Å². The lowest BCUT2D eigenvalue weighted by Gasteiger charge is -2.26. The van der Waals surface area contributed by atoms with E-state index in [2.05, 4.69) is 18.2 Å². The highest BCUT2D eigenvalue weighted by atomic mass is 16.5. The minimum Gasteiger partial charge on any atom is -0.423 e. The number of fused-ring (bicyclic) bond motifs is 1. The zero-order valence-electron chi connectivity index (χ0n) is 11.9. The molecule has 2 N–H and O–H groups in total. The maximum absolute atomic E-state index is 9.40. The number of ether oxygens (including phenoxy) is 1. The summed E-state index contributed by atoms with van der Waals surface area (Å²) in [5.41, 5.74) is 3.98. The molecular weight excluding hydrogens is 263 g/mol. The van der Waals surface area contributed by atoms with Crippen LogP contribution in [0.3, 0.4) is 0 Å². The van der Waals surface area contributed by atoms with Crippen LogP contribution in [0.15, 0.2) is 48.5 Å². The van der Waals surface area contributed by atoms with E-state index in [1.165, 1.54) is 11.1 Å². The fourth-order valence-electron chi connectivity index (χ4n) is 2.99. The minimum absolute atomic E-state index is 0.0961. The Kier molecular flexibility index (Phi) is 4.39. The monoisotopic (exact) mass is 282 g/mol. The smallest absolute Gasteiger partial charge is 0.423 e. The van der Waals surface area contributed by atoms with Crippen molar-refractivity contribution in [1.29, 1.82) is 0 Å². The van der Waals surface area contributed by atoms with E-state index in [-0.39, 0.29) is 6.10 Å². The van der Waals surface area contributed by atoms with Crippen molar-refractivity contribution < 1.29 is 14.8 Å². The second-order valence-electron chi connectivity index (χ2n) is 5.46. The lowest BCUT2D eigenvalue weighted by Crippen LogP contribution is -2.33. The third-order valence-corrected chi connectivity index (χ3v) is 4.09. The summed E-state index contributed by atoms with van der Waals surface area (Å²) >= 11 is 0. The Morgan fingerprint density at radius 3 is 2.67 bits per heavy atom. The van der Waals surface area contributed by atoms with Gasteiger partial charge < -0.3 is 14.8 Å². The first-order valence-corrected chi connectivity index (χ1v) is 7.39. The topological polar surface area (TPSA) is 49.7 Å². The normalized spacial score (nSPS) is 17.3. The lowest BCUT2D eigenvalue weighted by molar-refractivity contribution is 0.0286. The van der Waals surface area contributed by atoms with Gasteiger partial charge in [-0.2, -0.15) is 0 Å². The van der Waals surface area contributed by atoms with Gasteiger partial charge in [-0.3, -0.25) is 0 Å². The number of aryl methyl sites for hydroxylation is 1. The number of benzene rings is 2. The molecule has 21 heavy (non-hydrogen) atoms. The summed E-state index contributed by atoms with van der Waals surface area (Å²) in [5, 5.41) is 18.8. The van der Waals surface area contributed by atoms with E-state index in [4.69, 9.17) is 4.74 Å². The zero-order chi connectivity index (χ0) is 14.7. The predicted molar refractivity (Wildman–Crippen MR) is 83.2 cm³/mol. The lowest BCUT2D eigenvalue weighted by atomic mass is 9.77. The van der Waals surface area contributed by atoms with Crippen molar-refractivity contribution in [1.82, 2.24) is 0 Å². The Morgan fingerprint density at radius 1 is 1.05 bits per heavy atom. The van der Waals surface area contributed by atoms with Crippen LogP contribution in [0.2, 0.25) is 0 Å². The van der Waals surface area contributed by atoms with Crippen LogP contribution in [0.25, 0.3) is 0 Å². The third-order valence-electron chi connectivity index (χ3n) is 4.09. The van der Waals surface area contributed by atoms with E-state index in [0.717, 1.165) is 24.8 Å². The third kappa shape index (κ3) is 3.18.